The van der Waals surface area contributed by atoms with Crippen molar-refractivity contribution in [3.05, 3.63) is 65.2 Å². The van der Waals surface area contributed by atoms with Crippen molar-refractivity contribution < 1.29 is 22.2 Å². The predicted octanol–water partition coefficient (Wildman–Crippen LogP) is 3.66. The Labute approximate surface area is 163 Å². The van der Waals surface area contributed by atoms with E-state index in [2.05, 4.69) is 4.99 Å². The highest BCUT2D eigenvalue weighted by atomic mass is 32.2. The number of hydrogen-bond donors (Lipinski definition) is 0. The van der Waals surface area contributed by atoms with E-state index in [4.69, 9.17) is 0 Å². The van der Waals surface area contributed by atoms with Gasteiger partial charge in [-0.25, -0.2) is 0 Å². The lowest BCUT2D eigenvalue weighted by molar-refractivity contribution is -0.137. The Morgan fingerprint density at radius 3 is 2.50 bits per heavy atom. The fraction of sp³-hybridized carbons (Fsp3) is 0.300. The van der Waals surface area contributed by atoms with E-state index in [-0.39, 0.29) is 30.3 Å². The van der Waals surface area contributed by atoms with Gasteiger partial charge in [0.2, 0.25) is 5.91 Å². The quantitative estimate of drug-likeness (QED) is 0.758. The number of hydrogen-bond acceptors (Lipinski definition) is 3. The molecule has 28 heavy (non-hydrogen) atoms. The summed E-state index contributed by atoms with van der Waals surface area (Å²) in [6, 6.07) is 12.1. The van der Waals surface area contributed by atoms with Gasteiger partial charge in [-0.15, -0.1) is 0 Å². The molecule has 0 spiro atoms. The van der Waals surface area contributed by atoms with Crippen molar-refractivity contribution in [3.8, 4) is 0 Å². The molecular weight excluding hydrogens is 389 g/mol. The number of benzene rings is 2. The van der Waals surface area contributed by atoms with Crippen LogP contribution in [-0.2, 0) is 21.8 Å². The number of fused-ring (bicyclic) bond motifs is 1. The van der Waals surface area contributed by atoms with Crippen LogP contribution in [0.25, 0.3) is 0 Å². The molecule has 1 atom stereocenters. The largest absolute Gasteiger partial charge is 0.416 e. The average molecular weight is 408 g/mol. The highest BCUT2D eigenvalue weighted by Gasteiger charge is 2.33. The second-order valence-electron chi connectivity index (χ2n) is 6.24. The monoisotopic (exact) mass is 408 g/mol. The summed E-state index contributed by atoms with van der Waals surface area (Å²) in [5.74, 6) is 0.372. The van der Waals surface area contributed by atoms with Crippen LogP contribution in [0.15, 0.2) is 53.5 Å². The van der Waals surface area contributed by atoms with Crippen molar-refractivity contribution in [2.75, 3.05) is 29.5 Å². The lowest BCUT2D eigenvalue weighted by Gasteiger charge is -2.23. The van der Waals surface area contributed by atoms with Gasteiger partial charge < -0.3 is 4.90 Å². The van der Waals surface area contributed by atoms with E-state index in [9.17, 15) is 22.2 Å². The second-order valence-corrected chi connectivity index (χ2v) is 8.10. The van der Waals surface area contributed by atoms with Crippen molar-refractivity contribution in [1.82, 2.24) is 0 Å². The highest BCUT2D eigenvalue weighted by Crippen LogP contribution is 2.35. The number of rotatable bonds is 5. The van der Waals surface area contributed by atoms with E-state index in [1.807, 2.05) is 0 Å². The minimum atomic E-state index is -4.51. The molecule has 0 saturated heterocycles. The molecular formula is C20H19F3N2O2S. The first kappa shape index (κ1) is 20.3. The number of carbonyl (C=O) groups excluding carboxylic acids is 1. The molecule has 2 aromatic rings. The number of carbonyl (C=O) groups is 1. The number of anilines is 1. The van der Waals surface area contributed by atoms with Gasteiger partial charge in [0.05, 0.1) is 17.0 Å². The third kappa shape index (κ3) is 4.32. The number of nitrogens with zero attached hydrogens (tertiary/aromatic N) is 2. The summed E-state index contributed by atoms with van der Waals surface area (Å²) in [7, 11) is -1.10. The van der Waals surface area contributed by atoms with Gasteiger partial charge >= 0.3 is 6.18 Å². The molecule has 2 aromatic carbocycles. The minimum Gasteiger partial charge on any atom is -0.309 e. The smallest absolute Gasteiger partial charge is 0.309 e. The van der Waals surface area contributed by atoms with Gasteiger partial charge in [-0.2, -0.15) is 13.2 Å². The summed E-state index contributed by atoms with van der Waals surface area (Å²) in [6.07, 6.45) is -4.51. The van der Waals surface area contributed by atoms with E-state index in [0.29, 0.717) is 22.7 Å². The molecule has 0 N–H and O–H groups in total. The summed E-state index contributed by atoms with van der Waals surface area (Å²) in [5.41, 5.74) is 0.769. The standard InChI is InChI=1S/C20H19F3N2O2S/c1-2-28(27)11-10-25-17-9-8-15(20(21,22)23)12-16(17)19(24-13-18(25)26)14-6-4-3-5-7-14/h3-9,12H,2,10-11,13H2,1H3. The molecule has 8 heteroatoms. The van der Waals surface area contributed by atoms with Crippen molar-refractivity contribution >= 4 is 28.1 Å². The normalized spacial score (nSPS) is 15.6. The van der Waals surface area contributed by atoms with Crippen LogP contribution in [0.1, 0.15) is 23.6 Å². The molecule has 1 heterocycles. The summed E-state index contributed by atoms with van der Waals surface area (Å²) < 4.78 is 51.7. The van der Waals surface area contributed by atoms with Gasteiger partial charge in [0.25, 0.3) is 0 Å². The van der Waals surface area contributed by atoms with Gasteiger partial charge in [0, 0.05) is 40.0 Å². The third-order valence-electron chi connectivity index (χ3n) is 4.46. The van der Waals surface area contributed by atoms with Crippen LogP contribution in [0.3, 0.4) is 0 Å². The van der Waals surface area contributed by atoms with E-state index < -0.39 is 22.5 Å². The third-order valence-corrected chi connectivity index (χ3v) is 5.74. The maximum atomic E-state index is 13.3. The molecule has 0 aromatic heterocycles. The zero-order valence-corrected chi connectivity index (χ0v) is 16.0. The first-order chi connectivity index (χ1) is 13.3. The minimum absolute atomic E-state index is 0.162. The molecule has 0 bridgehead atoms. The van der Waals surface area contributed by atoms with E-state index in [1.165, 1.54) is 11.0 Å². The molecule has 3 rings (SSSR count). The van der Waals surface area contributed by atoms with Crippen LogP contribution < -0.4 is 4.90 Å². The Morgan fingerprint density at radius 2 is 1.86 bits per heavy atom. The molecule has 1 aliphatic rings. The van der Waals surface area contributed by atoms with Crippen molar-refractivity contribution in [2.24, 2.45) is 4.99 Å². The van der Waals surface area contributed by atoms with Gasteiger partial charge in [0.15, 0.2) is 0 Å². The predicted molar refractivity (Wildman–Crippen MR) is 104 cm³/mol. The molecule has 0 aliphatic carbocycles. The average Bonchev–Trinajstić information content (AvgIpc) is 2.81. The van der Waals surface area contributed by atoms with E-state index >= 15 is 0 Å². The first-order valence-electron chi connectivity index (χ1n) is 8.78. The lowest BCUT2D eigenvalue weighted by Crippen LogP contribution is -2.36. The summed E-state index contributed by atoms with van der Waals surface area (Å²) in [4.78, 5) is 18.3. The van der Waals surface area contributed by atoms with Crippen molar-refractivity contribution in [1.29, 1.82) is 0 Å². The molecule has 1 unspecified atom stereocenters. The molecule has 0 saturated carbocycles. The van der Waals surface area contributed by atoms with Crippen LogP contribution in [-0.4, -0.2) is 40.4 Å². The molecule has 1 aliphatic heterocycles. The van der Waals surface area contributed by atoms with Crippen LogP contribution in [0.5, 0.6) is 0 Å². The topological polar surface area (TPSA) is 49.7 Å². The number of alkyl halides is 3. The summed E-state index contributed by atoms with van der Waals surface area (Å²) in [5, 5.41) is 0. The highest BCUT2D eigenvalue weighted by molar-refractivity contribution is 7.84. The van der Waals surface area contributed by atoms with Crippen LogP contribution in [0, 0.1) is 0 Å². The maximum Gasteiger partial charge on any atom is 0.416 e. The Morgan fingerprint density at radius 1 is 1.14 bits per heavy atom. The fourth-order valence-electron chi connectivity index (χ4n) is 3.01. The zero-order chi connectivity index (χ0) is 20.3. The number of aliphatic imine (C=N–C) groups is 1. The second kappa shape index (κ2) is 8.26. The van der Waals surface area contributed by atoms with Gasteiger partial charge in [-0.3, -0.25) is 14.0 Å². The Kier molecular flexibility index (Phi) is 5.98. The molecule has 0 fully saturated rings. The molecule has 1 amide bonds. The molecule has 0 radical (unpaired) electrons. The first-order valence-corrected chi connectivity index (χ1v) is 10.3. The summed E-state index contributed by atoms with van der Waals surface area (Å²) >= 11 is 0. The fourth-order valence-corrected chi connectivity index (χ4v) is 3.69. The SMILES string of the molecule is CCS(=O)CCN1C(=O)CN=C(c2ccccc2)c2cc(C(F)(F)F)ccc21. The number of amides is 1. The van der Waals surface area contributed by atoms with Crippen LogP contribution >= 0.6 is 0 Å². The lowest BCUT2D eigenvalue weighted by atomic mass is 9.98. The maximum absolute atomic E-state index is 13.3. The van der Waals surface area contributed by atoms with Crippen LogP contribution in [0.2, 0.25) is 0 Å². The van der Waals surface area contributed by atoms with E-state index in [0.717, 1.165) is 12.1 Å². The van der Waals surface area contributed by atoms with Gasteiger partial charge in [0.1, 0.15) is 6.54 Å². The van der Waals surface area contributed by atoms with E-state index in [1.54, 1.807) is 37.3 Å². The van der Waals surface area contributed by atoms with Crippen molar-refractivity contribution in [3.63, 3.8) is 0 Å². The zero-order valence-electron chi connectivity index (χ0n) is 15.2. The van der Waals surface area contributed by atoms with Gasteiger partial charge in [-0.05, 0) is 18.2 Å². The van der Waals surface area contributed by atoms with Crippen molar-refractivity contribution in [2.45, 2.75) is 13.1 Å². The Hall–Kier alpha value is -2.48. The number of halogens is 3. The molecule has 4 nitrogen and oxygen atoms in total. The Balaban J connectivity index is 2.13. The molecule has 148 valence electrons. The Bertz CT molecular complexity index is 927. The van der Waals surface area contributed by atoms with Crippen LogP contribution in [0.4, 0.5) is 18.9 Å². The number of benzodiazepines with no additional fused rings is 1. The summed E-state index contributed by atoms with van der Waals surface area (Å²) in [6.45, 7) is 1.76. The van der Waals surface area contributed by atoms with Gasteiger partial charge in [-0.1, -0.05) is 37.3 Å².